The molecule has 1 aliphatic heterocycles. The molecule has 1 heterocycles. The molecule has 1 aliphatic rings. The van der Waals surface area contributed by atoms with Gasteiger partial charge in [0.15, 0.2) is 0 Å². The predicted octanol–water partition coefficient (Wildman–Crippen LogP) is 4.51. The summed E-state index contributed by atoms with van der Waals surface area (Å²) in [5, 5.41) is 9.36. The van der Waals surface area contributed by atoms with Gasteiger partial charge in [-0.1, -0.05) is 49.4 Å². The maximum absolute atomic E-state index is 11.4. The summed E-state index contributed by atoms with van der Waals surface area (Å²) in [4.78, 5) is 13.7. The SMILES string of the molecule is CCC(c1cccc(OCc2ccccc2)c1)N1CCCC(C(=O)O)C1. The van der Waals surface area contributed by atoms with Crippen LogP contribution in [0.3, 0.4) is 0 Å². The summed E-state index contributed by atoms with van der Waals surface area (Å²) in [5.41, 5.74) is 2.34. The number of piperidine rings is 1. The fourth-order valence-corrected chi connectivity index (χ4v) is 3.75. The molecule has 26 heavy (non-hydrogen) atoms. The quantitative estimate of drug-likeness (QED) is 0.795. The van der Waals surface area contributed by atoms with Crippen LogP contribution < -0.4 is 4.74 Å². The van der Waals surface area contributed by atoms with Gasteiger partial charge in [0.2, 0.25) is 0 Å². The van der Waals surface area contributed by atoms with E-state index in [9.17, 15) is 9.90 Å². The predicted molar refractivity (Wildman–Crippen MR) is 102 cm³/mol. The van der Waals surface area contributed by atoms with Crippen LogP contribution in [0.15, 0.2) is 54.6 Å². The molecule has 0 spiro atoms. The molecule has 2 unspecified atom stereocenters. The Morgan fingerprint density at radius 3 is 2.77 bits per heavy atom. The molecule has 0 aliphatic carbocycles. The van der Waals surface area contributed by atoms with Gasteiger partial charge < -0.3 is 9.84 Å². The summed E-state index contributed by atoms with van der Waals surface area (Å²) in [7, 11) is 0. The van der Waals surface area contributed by atoms with Crippen molar-refractivity contribution in [2.75, 3.05) is 13.1 Å². The first-order valence-corrected chi connectivity index (χ1v) is 9.41. The number of ether oxygens (including phenoxy) is 1. The Labute approximate surface area is 155 Å². The minimum Gasteiger partial charge on any atom is -0.489 e. The highest BCUT2D eigenvalue weighted by molar-refractivity contribution is 5.70. The van der Waals surface area contributed by atoms with Crippen LogP contribution in [0.4, 0.5) is 0 Å². The second-order valence-electron chi connectivity index (χ2n) is 6.94. The molecule has 138 valence electrons. The van der Waals surface area contributed by atoms with Gasteiger partial charge in [0, 0.05) is 12.6 Å². The highest BCUT2D eigenvalue weighted by atomic mass is 16.5. The Kier molecular flexibility index (Phi) is 6.29. The number of carboxylic acids is 1. The summed E-state index contributed by atoms with van der Waals surface area (Å²) in [5.74, 6) is -0.0728. The summed E-state index contributed by atoms with van der Waals surface area (Å²) < 4.78 is 5.96. The second kappa shape index (κ2) is 8.86. The number of likely N-dealkylation sites (tertiary alicyclic amines) is 1. The van der Waals surface area contributed by atoms with Crippen LogP contribution in [0.25, 0.3) is 0 Å². The Balaban J connectivity index is 1.69. The van der Waals surface area contributed by atoms with Crippen LogP contribution in [0.1, 0.15) is 43.4 Å². The number of carboxylic acid groups (broad SMARTS) is 1. The van der Waals surface area contributed by atoms with Crippen molar-refractivity contribution in [1.29, 1.82) is 0 Å². The number of nitrogens with zero attached hydrogens (tertiary/aromatic N) is 1. The molecule has 0 amide bonds. The lowest BCUT2D eigenvalue weighted by Crippen LogP contribution is -2.40. The lowest BCUT2D eigenvalue weighted by Gasteiger charge is -2.37. The van der Waals surface area contributed by atoms with E-state index in [0.29, 0.717) is 13.2 Å². The Morgan fingerprint density at radius 2 is 2.04 bits per heavy atom. The van der Waals surface area contributed by atoms with Crippen LogP contribution >= 0.6 is 0 Å². The molecule has 2 atom stereocenters. The van der Waals surface area contributed by atoms with Gasteiger partial charge in [-0.15, -0.1) is 0 Å². The average molecular weight is 353 g/mol. The molecule has 4 heteroatoms. The molecule has 2 aromatic rings. The minimum atomic E-state index is -0.676. The fraction of sp³-hybridized carbons (Fsp3) is 0.409. The smallest absolute Gasteiger partial charge is 0.307 e. The van der Waals surface area contributed by atoms with Gasteiger partial charge in [0.1, 0.15) is 12.4 Å². The average Bonchev–Trinajstić information content (AvgIpc) is 2.68. The molecule has 0 radical (unpaired) electrons. The van der Waals surface area contributed by atoms with E-state index in [1.807, 2.05) is 30.3 Å². The van der Waals surface area contributed by atoms with Gasteiger partial charge in [-0.05, 0) is 49.1 Å². The lowest BCUT2D eigenvalue weighted by atomic mass is 9.94. The Bertz CT molecular complexity index is 716. The molecular weight excluding hydrogens is 326 g/mol. The summed E-state index contributed by atoms with van der Waals surface area (Å²) in [6, 6.07) is 18.6. The third-order valence-corrected chi connectivity index (χ3v) is 5.12. The lowest BCUT2D eigenvalue weighted by molar-refractivity contribution is -0.144. The first-order valence-electron chi connectivity index (χ1n) is 9.41. The molecule has 3 rings (SSSR count). The first-order chi connectivity index (χ1) is 12.7. The van der Waals surface area contributed by atoms with Crippen molar-refractivity contribution in [2.45, 2.75) is 38.8 Å². The highest BCUT2D eigenvalue weighted by Gasteiger charge is 2.29. The van der Waals surface area contributed by atoms with Crippen LogP contribution in [0.2, 0.25) is 0 Å². The zero-order chi connectivity index (χ0) is 18.4. The van der Waals surface area contributed by atoms with Crippen molar-refractivity contribution >= 4 is 5.97 Å². The summed E-state index contributed by atoms with van der Waals surface area (Å²) in [6.45, 7) is 4.29. The zero-order valence-corrected chi connectivity index (χ0v) is 15.3. The maximum atomic E-state index is 11.4. The molecule has 2 aromatic carbocycles. The molecule has 0 bridgehead atoms. The molecule has 1 fully saturated rings. The molecule has 1 N–H and O–H groups in total. The highest BCUT2D eigenvalue weighted by Crippen LogP contribution is 2.31. The van der Waals surface area contributed by atoms with Crippen molar-refractivity contribution in [1.82, 2.24) is 4.90 Å². The van der Waals surface area contributed by atoms with Crippen molar-refractivity contribution in [3.8, 4) is 5.75 Å². The van der Waals surface area contributed by atoms with E-state index < -0.39 is 5.97 Å². The van der Waals surface area contributed by atoms with Gasteiger partial charge in [0.05, 0.1) is 5.92 Å². The van der Waals surface area contributed by atoms with Gasteiger partial charge >= 0.3 is 5.97 Å². The second-order valence-corrected chi connectivity index (χ2v) is 6.94. The Morgan fingerprint density at radius 1 is 1.23 bits per heavy atom. The molecule has 0 saturated carbocycles. The number of rotatable bonds is 7. The molecule has 0 aromatic heterocycles. The third-order valence-electron chi connectivity index (χ3n) is 5.12. The van der Waals surface area contributed by atoms with Crippen LogP contribution in [0, 0.1) is 5.92 Å². The molecular formula is C22H27NO3. The number of aliphatic carboxylic acids is 1. The van der Waals surface area contributed by atoms with Crippen LogP contribution in [-0.2, 0) is 11.4 Å². The van der Waals surface area contributed by atoms with E-state index >= 15 is 0 Å². The number of carbonyl (C=O) groups is 1. The van der Waals surface area contributed by atoms with Crippen LogP contribution in [-0.4, -0.2) is 29.1 Å². The largest absolute Gasteiger partial charge is 0.489 e. The number of hydrogen-bond donors (Lipinski definition) is 1. The van der Waals surface area contributed by atoms with Gasteiger partial charge in [-0.3, -0.25) is 9.69 Å². The van der Waals surface area contributed by atoms with Gasteiger partial charge in [-0.2, -0.15) is 0 Å². The van der Waals surface area contributed by atoms with E-state index in [1.165, 1.54) is 5.56 Å². The van der Waals surface area contributed by atoms with E-state index in [1.54, 1.807) is 0 Å². The minimum absolute atomic E-state index is 0.234. The number of hydrogen-bond acceptors (Lipinski definition) is 3. The standard InChI is InChI=1S/C22H27NO3/c1-2-21(23-13-7-11-19(15-23)22(24)25)18-10-6-12-20(14-18)26-16-17-8-4-3-5-9-17/h3-6,8-10,12,14,19,21H,2,7,11,13,15-16H2,1H3,(H,24,25). The van der Waals surface area contributed by atoms with Crippen LogP contribution in [0.5, 0.6) is 5.75 Å². The first kappa shape index (κ1) is 18.5. The van der Waals surface area contributed by atoms with E-state index in [0.717, 1.165) is 37.1 Å². The Hall–Kier alpha value is -2.33. The van der Waals surface area contributed by atoms with Crippen molar-refractivity contribution in [3.05, 3.63) is 65.7 Å². The van der Waals surface area contributed by atoms with Gasteiger partial charge in [0.25, 0.3) is 0 Å². The normalized spacial score (nSPS) is 19.0. The zero-order valence-electron chi connectivity index (χ0n) is 15.3. The van der Waals surface area contributed by atoms with Crippen molar-refractivity contribution in [2.24, 2.45) is 5.92 Å². The molecule has 4 nitrogen and oxygen atoms in total. The van der Waals surface area contributed by atoms with Gasteiger partial charge in [-0.25, -0.2) is 0 Å². The van der Waals surface area contributed by atoms with Crippen molar-refractivity contribution in [3.63, 3.8) is 0 Å². The van der Waals surface area contributed by atoms with E-state index in [4.69, 9.17) is 4.74 Å². The van der Waals surface area contributed by atoms with E-state index in [2.05, 4.69) is 36.1 Å². The number of benzene rings is 2. The molecule has 1 saturated heterocycles. The van der Waals surface area contributed by atoms with E-state index in [-0.39, 0.29) is 12.0 Å². The maximum Gasteiger partial charge on any atom is 0.307 e. The van der Waals surface area contributed by atoms with Crippen molar-refractivity contribution < 1.29 is 14.6 Å². The topological polar surface area (TPSA) is 49.8 Å². The fourth-order valence-electron chi connectivity index (χ4n) is 3.75. The third kappa shape index (κ3) is 4.64. The monoisotopic (exact) mass is 353 g/mol. The summed E-state index contributed by atoms with van der Waals surface area (Å²) >= 11 is 0. The summed E-state index contributed by atoms with van der Waals surface area (Å²) in [6.07, 6.45) is 2.68.